The zero-order valence-corrected chi connectivity index (χ0v) is 6.57. The molecule has 0 aliphatic carbocycles. The normalized spacial score (nSPS) is 17.2. The van der Waals surface area contributed by atoms with E-state index in [1.54, 1.807) is 6.19 Å². The van der Waals surface area contributed by atoms with Crippen molar-refractivity contribution in [3.8, 4) is 6.19 Å². The van der Waals surface area contributed by atoms with Crippen molar-refractivity contribution in [1.82, 2.24) is 10.2 Å². The van der Waals surface area contributed by atoms with Gasteiger partial charge in [0.15, 0.2) is 6.19 Å². The summed E-state index contributed by atoms with van der Waals surface area (Å²) in [5.74, 6) is 0.222. The van der Waals surface area contributed by atoms with E-state index in [-0.39, 0.29) is 5.96 Å². The standard InChI is InChI=1S/C6H8N4O2/c1-8-5(9-4-7)10-2-3-12-6(10)11/h2-3H2,1H3,(H,8,9). The first-order valence-corrected chi connectivity index (χ1v) is 3.35. The predicted molar refractivity (Wildman–Crippen MR) is 40.2 cm³/mol. The van der Waals surface area contributed by atoms with Gasteiger partial charge in [0.2, 0.25) is 5.96 Å². The monoisotopic (exact) mass is 168 g/mol. The van der Waals surface area contributed by atoms with Crippen molar-refractivity contribution in [2.24, 2.45) is 4.99 Å². The van der Waals surface area contributed by atoms with Crippen LogP contribution in [0.3, 0.4) is 0 Å². The van der Waals surface area contributed by atoms with Crippen LogP contribution in [0.2, 0.25) is 0 Å². The van der Waals surface area contributed by atoms with Gasteiger partial charge in [0.05, 0.1) is 6.54 Å². The molecule has 12 heavy (non-hydrogen) atoms. The van der Waals surface area contributed by atoms with Gasteiger partial charge < -0.3 is 4.74 Å². The van der Waals surface area contributed by atoms with Crippen molar-refractivity contribution in [1.29, 1.82) is 5.26 Å². The van der Waals surface area contributed by atoms with Crippen LogP contribution in [0.15, 0.2) is 4.99 Å². The highest BCUT2D eigenvalue weighted by molar-refractivity contribution is 5.95. The molecule has 0 atom stereocenters. The second-order valence-corrected chi connectivity index (χ2v) is 2.05. The van der Waals surface area contributed by atoms with Crippen LogP contribution in [0, 0.1) is 11.5 Å². The topological polar surface area (TPSA) is 77.7 Å². The first-order valence-electron chi connectivity index (χ1n) is 3.35. The molecule has 1 heterocycles. The predicted octanol–water partition coefficient (Wildman–Crippen LogP) is -0.505. The summed E-state index contributed by atoms with van der Waals surface area (Å²) in [7, 11) is 1.49. The first-order chi connectivity index (χ1) is 5.79. The maximum atomic E-state index is 10.9. The highest BCUT2D eigenvalue weighted by atomic mass is 16.6. The Balaban J connectivity index is 2.67. The fourth-order valence-electron chi connectivity index (χ4n) is 0.880. The summed E-state index contributed by atoms with van der Waals surface area (Å²) in [5.41, 5.74) is 0. The Hall–Kier alpha value is -1.77. The fraction of sp³-hybridized carbons (Fsp3) is 0.500. The number of nitrogens with one attached hydrogen (secondary N) is 1. The molecule has 1 rings (SSSR count). The van der Waals surface area contributed by atoms with Gasteiger partial charge in [-0.05, 0) is 0 Å². The number of ether oxygens (including phenoxy) is 1. The van der Waals surface area contributed by atoms with Crippen LogP contribution in [-0.4, -0.2) is 37.2 Å². The summed E-state index contributed by atoms with van der Waals surface area (Å²) >= 11 is 0. The van der Waals surface area contributed by atoms with Gasteiger partial charge in [-0.25, -0.2) is 9.69 Å². The van der Waals surface area contributed by atoms with E-state index in [1.807, 2.05) is 0 Å². The Morgan fingerprint density at radius 3 is 3.08 bits per heavy atom. The van der Waals surface area contributed by atoms with Crippen LogP contribution in [-0.2, 0) is 4.74 Å². The summed E-state index contributed by atoms with van der Waals surface area (Å²) < 4.78 is 4.65. The minimum Gasteiger partial charge on any atom is -0.447 e. The smallest absolute Gasteiger partial charge is 0.416 e. The zero-order chi connectivity index (χ0) is 8.97. The lowest BCUT2D eigenvalue weighted by atomic mass is 10.6. The number of aliphatic imine (C=N–C) groups is 1. The average molecular weight is 168 g/mol. The lowest BCUT2D eigenvalue weighted by molar-refractivity contribution is 0.168. The van der Waals surface area contributed by atoms with Crippen molar-refractivity contribution in [3.63, 3.8) is 0 Å². The Morgan fingerprint density at radius 1 is 1.92 bits per heavy atom. The Bertz CT molecular complexity index is 255. The van der Waals surface area contributed by atoms with Crippen molar-refractivity contribution in [3.05, 3.63) is 0 Å². The summed E-state index contributed by atoms with van der Waals surface area (Å²) in [6.45, 7) is 0.769. The second kappa shape index (κ2) is 3.57. The molecule has 1 aliphatic rings. The van der Waals surface area contributed by atoms with Gasteiger partial charge in [-0.1, -0.05) is 0 Å². The quantitative estimate of drug-likeness (QED) is 0.229. The molecule has 6 nitrogen and oxygen atoms in total. The molecule has 0 bridgehead atoms. The first kappa shape index (κ1) is 8.33. The zero-order valence-electron chi connectivity index (χ0n) is 6.57. The molecule has 1 amide bonds. The molecule has 0 aromatic heterocycles. The highest BCUT2D eigenvalue weighted by Crippen LogP contribution is 2.02. The minimum absolute atomic E-state index is 0.222. The van der Waals surface area contributed by atoms with Gasteiger partial charge in [-0.3, -0.25) is 10.3 Å². The van der Waals surface area contributed by atoms with Crippen LogP contribution in [0.5, 0.6) is 0 Å². The van der Waals surface area contributed by atoms with Gasteiger partial charge in [0.1, 0.15) is 6.61 Å². The van der Waals surface area contributed by atoms with Gasteiger partial charge >= 0.3 is 6.09 Å². The number of nitriles is 1. The maximum Gasteiger partial charge on any atom is 0.416 e. The van der Waals surface area contributed by atoms with Crippen molar-refractivity contribution in [2.45, 2.75) is 0 Å². The summed E-state index contributed by atoms with van der Waals surface area (Å²) in [4.78, 5) is 15.9. The van der Waals surface area contributed by atoms with Gasteiger partial charge in [0, 0.05) is 7.05 Å². The van der Waals surface area contributed by atoms with Crippen LogP contribution < -0.4 is 5.32 Å². The van der Waals surface area contributed by atoms with Crippen LogP contribution >= 0.6 is 0 Å². The lowest BCUT2D eigenvalue weighted by Crippen LogP contribution is -2.39. The van der Waals surface area contributed by atoms with E-state index in [2.05, 4.69) is 15.0 Å². The Kier molecular flexibility index (Phi) is 2.48. The van der Waals surface area contributed by atoms with E-state index in [0.717, 1.165) is 0 Å². The second-order valence-electron chi connectivity index (χ2n) is 2.05. The van der Waals surface area contributed by atoms with Crippen molar-refractivity contribution < 1.29 is 9.53 Å². The SMILES string of the molecule is CN=C(NC#N)N1CCOC1=O. The van der Waals surface area contributed by atoms with Crippen LogP contribution in [0.1, 0.15) is 0 Å². The number of guanidine groups is 1. The molecule has 0 saturated carbocycles. The third-order valence-electron chi connectivity index (χ3n) is 1.40. The molecule has 0 radical (unpaired) electrons. The molecule has 1 aliphatic heterocycles. The average Bonchev–Trinajstić information content (AvgIpc) is 2.47. The third-order valence-corrected chi connectivity index (χ3v) is 1.40. The van der Waals surface area contributed by atoms with Crippen LogP contribution in [0.4, 0.5) is 4.79 Å². The molecule has 0 spiro atoms. The van der Waals surface area contributed by atoms with E-state index in [9.17, 15) is 4.79 Å². The fourth-order valence-corrected chi connectivity index (χ4v) is 0.880. The summed E-state index contributed by atoms with van der Waals surface area (Å²) in [5, 5.41) is 10.6. The van der Waals surface area contributed by atoms with Crippen LogP contribution in [0.25, 0.3) is 0 Å². The molecule has 6 heteroatoms. The molecule has 0 unspecified atom stereocenters. The van der Waals surface area contributed by atoms with E-state index >= 15 is 0 Å². The number of amides is 1. The summed E-state index contributed by atoms with van der Waals surface area (Å²) in [6.07, 6.45) is 1.21. The number of hydrogen-bond acceptors (Lipinski definition) is 4. The Morgan fingerprint density at radius 2 is 2.67 bits per heavy atom. The van der Waals surface area contributed by atoms with E-state index in [4.69, 9.17) is 5.26 Å². The molecule has 1 N–H and O–H groups in total. The van der Waals surface area contributed by atoms with E-state index < -0.39 is 6.09 Å². The number of carbonyl (C=O) groups is 1. The molecule has 0 aromatic rings. The number of nitrogens with zero attached hydrogens (tertiary/aromatic N) is 3. The van der Waals surface area contributed by atoms with Gasteiger partial charge in [-0.15, -0.1) is 0 Å². The Labute approximate surface area is 69.4 Å². The van der Waals surface area contributed by atoms with Gasteiger partial charge in [-0.2, -0.15) is 5.26 Å². The van der Waals surface area contributed by atoms with E-state index in [0.29, 0.717) is 13.2 Å². The van der Waals surface area contributed by atoms with E-state index in [1.165, 1.54) is 11.9 Å². The maximum absolute atomic E-state index is 10.9. The minimum atomic E-state index is -0.474. The van der Waals surface area contributed by atoms with Crippen molar-refractivity contribution in [2.75, 3.05) is 20.2 Å². The van der Waals surface area contributed by atoms with Gasteiger partial charge in [0.25, 0.3) is 0 Å². The molecular weight excluding hydrogens is 160 g/mol. The molecule has 1 saturated heterocycles. The van der Waals surface area contributed by atoms with Crippen molar-refractivity contribution >= 4 is 12.1 Å². The number of cyclic esters (lactones) is 1. The lowest BCUT2D eigenvalue weighted by Gasteiger charge is -2.11. The molecule has 0 aromatic carbocycles. The third kappa shape index (κ3) is 1.45. The molecule has 1 fully saturated rings. The molecular formula is C6H8N4O2. The highest BCUT2D eigenvalue weighted by Gasteiger charge is 2.26. The number of rotatable bonds is 0. The number of carbonyl (C=O) groups excluding carboxylic acids is 1. The number of hydrogen-bond donors (Lipinski definition) is 1. The summed E-state index contributed by atoms with van der Waals surface area (Å²) in [6, 6.07) is 0. The largest absolute Gasteiger partial charge is 0.447 e. The molecule has 64 valence electrons.